The van der Waals surface area contributed by atoms with Crippen LogP contribution in [-0.2, 0) is 6.54 Å². The van der Waals surface area contributed by atoms with Gasteiger partial charge in [-0.2, -0.15) is 0 Å². The van der Waals surface area contributed by atoms with Crippen molar-refractivity contribution >= 4 is 6.03 Å². The summed E-state index contributed by atoms with van der Waals surface area (Å²) in [6.45, 7) is 3.99. The Morgan fingerprint density at radius 3 is 3.05 bits per heavy atom. The lowest BCUT2D eigenvalue weighted by atomic mass is 10.1. The molecule has 2 amide bonds. The van der Waals surface area contributed by atoms with Gasteiger partial charge >= 0.3 is 6.03 Å². The number of nitrogens with zero attached hydrogens (tertiary/aromatic N) is 2. The van der Waals surface area contributed by atoms with Gasteiger partial charge in [-0.25, -0.2) is 4.79 Å². The van der Waals surface area contributed by atoms with Crippen molar-refractivity contribution in [1.82, 2.24) is 15.1 Å². The molecule has 2 saturated heterocycles. The number of piperazine rings is 1. The molecule has 0 spiro atoms. The van der Waals surface area contributed by atoms with Crippen LogP contribution in [0, 0.1) is 0 Å². The lowest BCUT2D eigenvalue weighted by Gasteiger charge is -2.36. The van der Waals surface area contributed by atoms with Gasteiger partial charge in [-0.15, -0.1) is 0 Å². The monoisotopic (exact) mass is 277 g/mol. The molecule has 0 bridgehead atoms. The molecule has 0 saturated carbocycles. The Morgan fingerprint density at radius 1 is 1.45 bits per heavy atom. The van der Waals surface area contributed by atoms with Crippen molar-refractivity contribution in [3.05, 3.63) is 23.8 Å². The van der Waals surface area contributed by atoms with Crippen molar-refractivity contribution in [2.45, 2.75) is 12.6 Å². The number of aromatic hydroxyl groups is 1. The molecule has 6 heteroatoms. The third kappa shape index (κ3) is 2.38. The zero-order valence-corrected chi connectivity index (χ0v) is 11.5. The van der Waals surface area contributed by atoms with Crippen LogP contribution in [0.5, 0.6) is 11.5 Å². The number of benzene rings is 1. The van der Waals surface area contributed by atoms with E-state index < -0.39 is 0 Å². The van der Waals surface area contributed by atoms with Crippen LogP contribution in [0.1, 0.15) is 5.56 Å². The number of rotatable bonds is 3. The normalized spacial score (nSPS) is 22.6. The van der Waals surface area contributed by atoms with Crippen LogP contribution in [0.15, 0.2) is 18.2 Å². The molecule has 2 fully saturated rings. The van der Waals surface area contributed by atoms with Gasteiger partial charge < -0.3 is 20.1 Å². The molecule has 2 N–H and O–H groups in total. The summed E-state index contributed by atoms with van der Waals surface area (Å²) in [5.74, 6) is 0.658. The highest BCUT2D eigenvalue weighted by atomic mass is 16.5. The van der Waals surface area contributed by atoms with Crippen LogP contribution in [-0.4, -0.2) is 60.3 Å². The van der Waals surface area contributed by atoms with E-state index in [0.717, 1.165) is 38.3 Å². The summed E-state index contributed by atoms with van der Waals surface area (Å²) >= 11 is 0. The van der Waals surface area contributed by atoms with Crippen LogP contribution >= 0.6 is 0 Å². The molecular formula is C14H19N3O3. The van der Waals surface area contributed by atoms with Gasteiger partial charge in [-0.1, -0.05) is 6.07 Å². The van der Waals surface area contributed by atoms with E-state index in [9.17, 15) is 9.90 Å². The lowest BCUT2D eigenvalue weighted by molar-refractivity contribution is 0.116. The summed E-state index contributed by atoms with van der Waals surface area (Å²) < 4.78 is 5.04. The van der Waals surface area contributed by atoms with E-state index in [0.29, 0.717) is 5.75 Å². The van der Waals surface area contributed by atoms with E-state index in [1.54, 1.807) is 12.1 Å². The molecule has 20 heavy (non-hydrogen) atoms. The molecule has 1 unspecified atom stereocenters. The Kier molecular flexibility index (Phi) is 3.40. The van der Waals surface area contributed by atoms with Gasteiger partial charge in [0.1, 0.15) is 0 Å². The largest absolute Gasteiger partial charge is 0.504 e. The lowest BCUT2D eigenvalue weighted by Crippen LogP contribution is -2.51. The number of amides is 2. The molecule has 2 aliphatic heterocycles. The number of phenols is 1. The van der Waals surface area contributed by atoms with E-state index in [2.05, 4.69) is 10.2 Å². The van der Waals surface area contributed by atoms with E-state index in [4.69, 9.17) is 4.74 Å². The molecule has 1 atom stereocenters. The molecule has 6 nitrogen and oxygen atoms in total. The first-order valence-electron chi connectivity index (χ1n) is 6.80. The quantitative estimate of drug-likeness (QED) is 0.849. The molecule has 3 rings (SSSR count). The van der Waals surface area contributed by atoms with E-state index in [1.807, 2.05) is 11.0 Å². The van der Waals surface area contributed by atoms with E-state index in [1.165, 1.54) is 7.11 Å². The van der Waals surface area contributed by atoms with Crippen LogP contribution in [0.2, 0.25) is 0 Å². The fourth-order valence-electron chi connectivity index (χ4n) is 2.90. The predicted molar refractivity (Wildman–Crippen MR) is 73.8 cm³/mol. The fourth-order valence-corrected chi connectivity index (χ4v) is 2.90. The predicted octanol–water partition coefficient (Wildman–Crippen LogP) is 0.610. The maximum atomic E-state index is 11.5. The third-order valence-corrected chi connectivity index (χ3v) is 3.97. The van der Waals surface area contributed by atoms with Crippen molar-refractivity contribution < 1.29 is 14.6 Å². The fraction of sp³-hybridized carbons (Fsp3) is 0.500. The summed E-state index contributed by atoms with van der Waals surface area (Å²) in [4.78, 5) is 15.8. The maximum absolute atomic E-state index is 11.5. The van der Waals surface area contributed by atoms with Gasteiger partial charge in [0, 0.05) is 32.7 Å². The summed E-state index contributed by atoms with van der Waals surface area (Å²) in [7, 11) is 1.54. The van der Waals surface area contributed by atoms with Crippen LogP contribution in [0.25, 0.3) is 0 Å². The standard InChI is InChI=1S/C14H19N3O3/c1-20-13-3-2-10(6-12(13)18)8-16-4-5-17-11(9-16)7-15-14(17)19/h2-3,6,11,18H,4-5,7-9H2,1H3,(H,15,19). The molecule has 108 valence electrons. The SMILES string of the molecule is COc1ccc(CN2CCN3C(=O)NCC3C2)cc1O. The average molecular weight is 277 g/mol. The number of hydrogen-bond donors (Lipinski definition) is 2. The molecular weight excluding hydrogens is 258 g/mol. The van der Waals surface area contributed by atoms with Gasteiger partial charge in [-0.05, 0) is 17.7 Å². The minimum absolute atomic E-state index is 0.0525. The highest BCUT2D eigenvalue weighted by Crippen LogP contribution is 2.27. The first-order valence-corrected chi connectivity index (χ1v) is 6.80. The molecule has 0 aromatic heterocycles. The van der Waals surface area contributed by atoms with Gasteiger partial charge in [0.2, 0.25) is 0 Å². The van der Waals surface area contributed by atoms with Crippen LogP contribution < -0.4 is 10.1 Å². The van der Waals surface area contributed by atoms with E-state index >= 15 is 0 Å². The number of hydrogen-bond acceptors (Lipinski definition) is 4. The Bertz CT molecular complexity index is 520. The van der Waals surface area contributed by atoms with Crippen molar-refractivity contribution in [2.75, 3.05) is 33.3 Å². The smallest absolute Gasteiger partial charge is 0.317 e. The van der Waals surface area contributed by atoms with Gasteiger partial charge in [0.05, 0.1) is 13.2 Å². The Hall–Kier alpha value is -1.95. The maximum Gasteiger partial charge on any atom is 0.317 e. The number of fused-ring (bicyclic) bond motifs is 1. The van der Waals surface area contributed by atoms with Crippen molar-refractivity contribution in [3.8, 4) is 11.5 Å². The van der Waals surface area contributed by atoms with Gasteiger partial charge in [0.15, 0.2) is 11.5 Å². The topological polar surface area (TPSA) is 65.0 Å². The minimum Gasteiger partial charge on any atom is -0.504 e. The van der Waals surface area contributed by atoms with Crippen LogP contribution in [0.3, 0.4) is 0 Å². The number of nitrogens with one attached hydrogen (secondary N) is 1. The van der Waals surface area contributed by atoms with Crippen molar-refractivity contribution in [3.63, 3.8) is 0 Å². The summed E-state index contributed by atoms with van der Waals surface area (Å²) in [6, 6.07) is 5.80. The highest BCUT2D eigenvalue weighted by Gasteiger charge is 2.35. The second-order valence-electron chi connectivity index (χ2n) is 5.27. The number of ether oxygens (including phenoxy) is 1. The zero-order chi connectivity index (χ0) is 14.1. The Morgan fingerprint density at radius 2 is 2.30 bits per heavy atom. The van der Waals surface area contributed by atoms with Gasteiger partial charge in [0.25, 0.3) is 0 Å². The number of carbonyl (C=O) groups is 1. The molecule has 1 aromatic carbocycles. The first kappa shape index (κ1) is 13.1. The summed E-state index contributed by atoms with van der Waals surface area (Å²) in [6.07, 6.45) is 0. The van der Waals surface area contributed by atoms with Gasteiger partial charge in [-0.3, -0.25) is 4.90 Å². The number of carbonyl (C=O) groups excluding carboxylic acids is 1. The van der Waals surface area contributed by atoms with E-state index in [-0.39, 0.29) is 17.8 Å². The minimum atomic E-state index is 0.0525. The average Bonchev–Trinajstić information content (AvgIpc) is 2.80. The number of phenolic OH excluding ortho intramolecular Hbond substituents is 1. The number of methoxy groups -OCH3 is 1. The molecule has 0 radical (unpaired) electrons. The Balaban J connectivity index is 1.64. The van der Waals surface area contributed by atoms with Crippen LogP contribution in [0.4, 0.5) is 4.79 Å². The molecule has 2 heterocycles. The van der Waals surface area contributed by atoms with Crippen molar-refractivity contribution in [1.29, 1.82) is 0 Å². The third-order valence-electron chi connectivity index (χ3n) is 3.97. The number of urea groups is 1. The summed E-state index contributed by atoms with van der Waals surface area (Å²) in [5.41, 5.74) is 1.05. The molecule has 2 aliphatic rings. The van der Waals surface area contributed by atoms with Crippen molar-refractivity contribution in [2.24, 2.45) is 0 Å². The summed E-state index contributed by atoms with van der Waals surface area (Å²) in [5, 5.41) is 12.7. The zero-order valence-electron chi connectivity index (χ0n) is 11.5. The highest BCUT2D eigenvalue weighted by molar-refractivity contribution is 5.77. The second kappa shape index (κ2) is 5.20. The Labute approximate surface area is 117 Å². The molecule has 1 aromatic rings. The first-order chi connectivity index (χ1) is 9.67. The molecule has 0 aliphatic carbocycles. The second-order valence-corrected chi connectivity index (χ2v) is 5.27.